The number of halogens is 3. The molecule has 152 valence electrons. The molecule has 2 heterocycles. The number of nitrogens with zero attached hydrogens (tertiary/aromatic N) is 2. The zero-order chi connectivity index (χ0) is 21.1. The van der Waals surface area contributed by atoms with Crippen molar-refractivity contribution in [2.45, 2.75) is 6.10 Å². The van der Waals surface area contributed by atoms with E-state index in [0.717, 1.165) is 12.1 Å². The summed E-state index contributed by atoms with van der Waals surface area (Å²) in [7, 11) is 1.73. The maximum absolute atomic E-state index is 14.4. The monoisotopic (exact) mass is 468 g/mol. The molecule has 0 bridgehead atoms. The van der Waals surface area contributed by atoms with E-state index < -0.39 is 41.6 Å². The first kappa shape index (κ1) is 20.7. The van der Waals surface area contributed by atoms with E-state index >= 15 is 0 Å². The van der Waals surface area contributed by atoms with Gasteiger partial charge in [0, 0.05) is 18.8 Å². The molecule has 1 atom stereocenters. The SMILES string of the molecule is CNc1ccc(-c2nc(C(CO)Oc3ccc(F)c(C(N)=O)c3F)oc2Br)cn1. The van der Waals surface area contributed by atoms with Crippen molar-refractivity contribution in [3.8, 4) is 17.0 Å². The van der Waals surface area contributed by atoms with Gasteiger partial charge >= 0.3 is 0 Å². The molecule has 1 unspecified atom stereocenters. The van der Waals surface area contributed by atoms with Gasteiger partial charge in [-0.15, -0.1) is 0 Å². The van der Waals surface area contributed by atoms with Crippen LogP contribution in [0.2, 0.25) is 0 Å². The number of anilines is 1. The minimum Gasteiger partial charge on any atom is -0.475 e. The van der Waals surface area contributed by atoms with Gasteiger partial charge in [-0.05, 0) is 40.2 Å². The molecule has 3 rings (SSSR count). The third kappa shape index (κ3) is 4.20. The fourth-order valence-electron chi connectivity index (χ4n) is 2.48. The highest BCUT2D eigenvalue weighted by Gasteiger charge is 2.26. The van der Waals surface area contributed by atoms with E-state index in [4.69, 9.17) is 14.9 Å². The Labute approximate surface area is 171 Å². The zero-order valence-corrected chi connectivity index (χ0v) is 16.5. The summed E-state index contributed by atoms with van der Waals surface area (Å²) < 4.78 is 39.1. The number of ether oxygens (including phenoxy) is 1. The largest absolute Gasteiger partial charge is 0.475 e. The van der Waals surface area contributed by atoms with E-state index in [9.17, 15) is 18.7 Å². The van der Waals surface area contributed by atoms with Gasteiger partial charge in [0.2, 0.25) is 5.89 Å². The molecule has 3 aromatic rings. The molecule has 29 heavy (non-hydrogen) atoms. The molecule has 1 aromatic carbocycles. The number of hydrogen-bond acceptors (Lipinski definition) is 7. The highest BCUT2D eigenvalue weighted by molar-refractivity contribution is 9.10. The normalized spacial score (nSPS) is 11.9. The maximum atomic E-state index is 14.4. The van der Waals surface area contributed by atoms with Crippen molar-refractivity contribution in [1.82, 2.24) is 9.97 Å². The van der Waals surface area contributed by atoms with E-state index in [0.29, 0.717) is 17.1 Å². The van der Waals surface area contributed by atoms with Crippen LogP contribution in [-0.2, 0) is 0 Å². The number of rotatable bonds is 7. The molecule has 0 saturated heterocycles. The minimum absolute atomic E-state index is 0.0728. The van der Waals surface area contributed by atoms with E-state index in [1.807, 2.05) is 0 Å². The summed E-state index contributed by atoms with van der Waals surface area (Å²) in [5, 5.41) is 12.5. The van der Waals surface area contributed by atoms with Crippen molar-refractivity contribution in [2.24, 2.45) is 5.73 Å². The Morgan fingerprint density at radius 3 is 2.72 bits per heavy atom. The number of aliphatic hydroxyl groups excluding tert-OH is 1. The van der Waals surface area contributed by atoms with Crippen LogP contribution in [0.3, 0.4) is 0 Å². The van der Waals surface area contributed by atoms with Crippen LogP contribution >= 0.6 is 15.9 Å². The molecular weight excluding hydrogens is 454 g/mol. The smallest absolute Gasteiger partial charge is 0.254 e. The molecule has 4 N–H and O–H groups in total. The predicted molar refractivity (Wildman–Crippen MR) is 102 cm³/mol. The first-order valence-electron chi connectivity index (χ1n) is 8.21. The molecule has 0 aliphatic heterocycles. The second-order valence-corrected chi connectivity index (χ2v) is 6.46. The summed E-state index contributed by atoms with van der Waals surface area (Å²) in [6.45, 7) is -0.633. The Morgan fingerprint density at radius 2 is 2.14 bits per heavy atom. The van der Waals surface area contributed by atoms with Gasteiger partial charge < -0.3 is 25.3 Å². The quantitative estimate of drug-likeness (QED) is 0.486. The number of hydrogen-bond donors (Lipinski definition) is 3. The fourth-order valence-corrected chi connectivity index (χ4v) is 2.97. The van der Waals surface area contributed by atoms with Gasteiger partial charge in [-0.1, -0.05) is 0 Å². The topological polar surface area (TPSA) is 124 Å². The maximum Gasteiger partial charge on any atom is 0.254 e. The van der Waals surface area contributed by atoms with Gasteiger partial charge in [-0.25, -0.2) is 18.7 Å². The molecular formula is C18H15BrF2N4O4. The molecule has 0 spiro atoms. The van der Waals surface area contributed by atoms with Gasteiger partial charge in [-0.3, -0.25) is 4.79 Å². The number of oxazole rings is 1. The Bertz CT molecular complexity index is 1040. The molecule has 2 aromatic heterocycles. The summed E-state index contributed by atoms with van der Waals surface area (Å²) in [6.07, 6.45) is 0.330. The number of primary amides is 1. The van der Waals surface area contributed by atoms with E-state index in [-0.39, 0.29) is 10.6 Å². The summed E-state index contributed by atoms with van der Waals surface area (Å²) in [4.78, 5) is 19.7. The number of pyridine rings is 1. The van der Waals surface area contributed by atoms with Crippen LogP contribution in [-0.4, -0.2) is 34.6 Å². The van der Waals surface area contributed by atoms with Crippen molar-refractivity contribution >= 4 is 27.7 Å². The summed E-state index contributed by atoms with van der Waals surface area (Å²) in [5.41, 5.74) is 5.06. The van der Waals surface area contributed by atoms with Crippen molar-refractivity contribution in [3.63, 3.8) is 0 Å². The average Bonchev–Trinajstić information content (AvgIpc) is 3.08. The molecule has 0 saturated carbocycles. The first-order chi connectivity index (χ1) is 13.8. The van der Waals surface area contributed by atoms with Crippen LogP contribution in [0.4, 0.5) is 14.6 Å². The van der Waals surface area contributed by atoms with E-state index in [1.165, 1.54) is 0 Å². The molecule has 11 heteroatoms. The third-order valence-corrected chi connectivity index (χ3v) is 4.45. The van der Waals surface area contributed by atoms with Gasteiger partial charge in [0.1, 0.15) is 22.9 Å². The standard InChI is InChI=1S/C18H15BrF2N4O4/c1-23-12-5-2-8(6-24-12)15-16(19)29-18(25-15)11(7-26)28-10-4-3-9(20)13(14(10)21)17(22)27/h2-6,11,26H,7H2,1H3,(H2,22,27)(H,23,24). The fraction of sp³-hybridized carbons (Fsp3) is 0.167. The van der Waals surface area contributed by atoms with Gasteiger partial charge in [0.25, 0.3) is 5.91 Å². The lowest BCUT2D eigenvalue weighted by Crippen LogP contribution is -2.18. The molecule has 0 radical (unpaired) electrons. The summed E-state index contributed by atoms with van der Waals surface area (Å²) >= 11 is 3.23. The van der Waals surface area contributed by atoms with Crippen molar-refractivity contribution in [3.05, 3.63) is 58.2 Å². The van der Waals surface area contributed by atoms with Gasteiger partial charge in [-0.2, -0.15) is 0 Å². The van der Waals surface area contributed by atoms with Crippen molar-refractivity contribution in [1.29, 1.82) is 0 Å². The lowest BCUT2D eigenvalue weighted by atomic mass is 10.1. The van der Waals surface area contributed by atoms with E-state index in [2.05, 4.69) is 31.2 Å². The average molecular weight is 469 g/mol. The molecule has 0 aliphatic rings. The highest BCUT2D eigenvalue weighted by Crippen LogP contribution is 2.33. The van der Waals surface area contributed by atoms with Crippen LogP contribution in [0.15, 0.2) is 39.5 Å². The Kier molecular flexibility index (Phi) is 6.09. The van der Waals surface area contributed by atoms with Crippen LogP contribution in [0.25, 0.3) is 11.3 Å². The van der Waals surface area contributed by atoms with Crippen LogP contribution < -0.4 is 15.8 Å². The molecule has 1 amide bonds. The van der Waals surface area contributed by atoms with Gasteiger partial charge in [0.15, 0.2) is 22.3 Å². The van der Waals surface area contributed by atoms with Crippen LogP contribution in [0.5, 0.6) is 5.75 Å². The number of carbonyl (C=O) groups is 1. The molecule has 0 fully saturated rings. The number of benzene rings is 1. The minimum atomic E-state index is -1.29. The Balaban J connectivity index is 1.92. The Morgan fingerprint density at radius 1 is 1.38 bits per heavy atom. The van der Waals surface area contributed by atoms with Crippen LogP contribution in [0, 0.1) is 11.6 Å². The lowest BCUT2D eigenvalue weighted by molar-refractivity contribution is 0.0880. The number of aliphatic hydroxyl groups is 1. The van der Waals surface area contributed by atoms with Crippen LogP contribution in [0.1, 0.15) is 22.4 Å². The summed E-state index contributed by atoms with van der Waals surface area (Å²) in [5.74, 6) is -3.60. The molecule has 0 aliphatic carbocycles. The van der Waals surface area contributed by atoms with E-state index in [1.54, 1.807) is 25.4 Å². The number of nitrogens with two attached hydrogens (primary N) is 1. The first-order valence-corrected chi connectivity index (χ1v) is 9.00. The van der Waals surface area contributed by atoms with Gasteiger partial charge in [0.05, 0.1) is 6.61 Å². The number of nitrogens with one attached hydrogen (secondary N) is 1. The second-order valence-electron chi connectivity index (χ2n) is 5.74. The van der Waals surface area contributed by atoms with Crippen molar-refractivity contribution < 1.29 is 27.8 Å². The molecule has 8 nitrogen and oxygen atoms in total. The summed E-state index contributed by atoms with van der Waals surface area (Å²) in [6, 6.07) is 5.28. The van der Waals surface area contributed by atoms with Crippen molar-refractivity contribution in [2.75, 3.05) is 19.0 Å². The number of aromatic nitrogens is 2. The predicted octanol–water partition coefficient (Wildman–Crippen LogP) is 3.03. The lowest BCUT2D eigenvalue weighted by Gasteiger charge is -2.15. The highest BCUT2D eigenvalue weighted by atomic mass is 79.9. The zero-order valence-electron chi connectivity index (χ0n) is 14.9. The Hall–Kier alpha value is -3.05. The number of amides is 1. The second kappa shape index (κ2) is 8.53. The number of carbonyl (C=O) groups excluding carboxylic acids is 1. The third-order valence-electron chi connectivity index (χ3n) is 3.91.